The molecule has 0 spiro atoms. The van der Waals surface area contributed by atoms with E-state index in [1.54, 1.807) is 14.2 Å². The van der Waals surface area contributed by atoms with Crippen LogP contribution < -0.4 is 14.8 Å². The maximum absolute atomic E-state index is 9.42. The Kier molecular flexibility index (Phi) is 7.97. The summed E-state index contributed by atoms with van der Waals surface area (Å²) in [6.45, 7) is 2.46. The highest BCUT2D eigenvalue weighted by Gasteiger charge is 2.01. The van der Waals surface area contributed by atoms with Gasteiger partial charge in [0.25, 0.3) is 0 Å². The maximum atomic E-state index is 9.42. The molecule has 1 rings (SSSR count). The minimum atomic E-state index is -0.403. The van der Waals surface area contributed by atoms with Crippen molar-refractivity contribution in [3.63, 3.8) is 0 Å². The molecule has 2 N–H and O–H groups in total. The van der Waals surface area contributed by atoms with Crippen molar-refractivity contribution in [2.45, 2.75) is 12.5 Å². The van der Waals surface area contributed by atoms with Gasteiger partial charge in [0.05, 0.1) is 19.8 Å². The molecule has 5 nitrogen and oxygen atoms in total. The SMILES string of the molecule is COCC(O)CCNCCOc1ccc(OC)cc1. The van der Waals surface area contributed by atoms with Crippen LogP contribution in [0, 0.1) is 0 Å². The van der Waals surface area contributed by atoms with Gasteiger partial charge in [-0.1, -0.05) is 0 Å². The summed E-state index contributed by atoms with van der Waals surface area (Å²) >= 11 is 0. The molecular weight excluding hydrogens is 246 g/mol. The molecule has 0 fully saturated rings. The molecule has 1 atom stereocenters. The van der Waals surface area contributed by atoms with E-state index in [1.165, 1.54) is 0 Å². The zero-order chi connectivity index (χ0) is 13.9. The minimum Gasteiger partial charge on any atom is -0.497 e. The highest BCUT2D eigenvalue weighted by molar-refractivity contribution is 5.31. The molecule has 0 heterocycles. The van der Waals surface area contributed by atoms with Gasteiger partial charge in [-0.2, -0.15) is 0 Å². The molecule has 1 unspecified atom stereocenters. The van der Waals surface area contributed by atoms with Crippen LogP contribution in [0.2, 0.25) is 0 Å². The Labute approximate surface area is 114 Å². The molecule has 5 heteroatoms. The van der Waals surface area contributed by atoms with E-state index >= 15 is 0 Å². The summed E-state index contributed by atoms with van der Waals surface area (Å²) in [7, 11) is 3.22. The first-order valence-corrected chi connectivity index (χ1v) is 6.41. The third kappa shape index (κ3) is 7.00. The molecule has 0 aliphatic rings. The molecule has 0 radical (unpaired) electrons. The number of benzene rings is 1. The maximum Gasteiger partial charge on any atom is 0.119 e. The van der Waals surface area contributed by atoms with Crippen LogP contribution in [0.4, 0.5) is 0 Å². The summed E-state index contributed by atoms with van der Waals surface area (Å²) in [5, 5.41) is 12.6. The molecule has 19 heavy (non-hydrogen) atoms. The highest BCUT2D eigenvalue weighted by atomic mass is 16.5. The summed E-state index contributed by atoms with van der Waals surface area (Å²) < 4.78 is 15.5. The Hall–Kier alpha value is -1.30. The minimum absolute atomic E-state index is 0.379. The Bertz CT molecular complexity index is 329. The van der Waals surface area contributed by atoms with Crippen molar-refractivity contribution in [1.82, 2.24) is 5.32 Å². The van der Waals surface area contributed by atoms with Gasteiger partial charge in [-0.15, -0.1) is 0 Å². The zero-order valence-electron chi connectivity index (χ0n) is 11.6. The van der Waals surface area contributed by atoms with Crippen LogP contribution >= 0.6 is 0 Å². The molecule has 108 valence electrons. The van der Waals surface area contributed by atoms with E-state index < -0.39 is 6.10 Å². The Morgan fingerprint density at radius 3 is 2.42 bits per heavy atom. The van der Waals surface area contributed by atoms with Crippen molar-refractivity contribution in [2.24, 2.45) is 0 Å². The second-order valence-electron chi connectivity index (χ2n) is 4.17. The lowest BCUT2D eigenvalue weighted by molar-refractivity contribution is 0.0593. The van der Waals surface area contributed by atoms with Crippen LogP contribution in [0.3, 0.4) is 0 Å². The number of methoxy groups -OCH3 is 2. The first-order valence-electron chi connectivity index (χ1n) is 6.41. The number of aliphatic hydroxyl groups is 1. The number of hydrogen-bond acceptors (Lipinski definition) is 5. The quantitative estimate of drug-likeness (QED) is 0.622. The fraction of sp³-hybridized carbons (Fsp3) is 0.571. The Morgan fingerprint density at radius 2 is 1.79 bits per heavy atom. The fourth-order valence-electron chi connectivity index (χ4n) is 1.58. The predicted molar refractivity (Wildman–Crippen MR) is 73.9 cm³/mol. The van der Waals surface area contributed by atoms with Gasteiger partial charge in [0.15, 0.2) is 0 Å². The van der Waals surface area contributed by atoms with Crippen LogP contribution in [-0.4, -0.2) is 51.7 Å². The van der Waals surface area contributed by atoms with Gasteiger partial charge in [-0.25, -0.2) is 0 Å². The van der Waals surface area contributed by atoms with Gasteiger partial charge in [0.2, 0.25) is 0 Å². The van der Waals surface area contributed by atoms with E-state index in [0.29, 0.717) is 19.6 Å². The fourth-order valence-corrected chi connectivity index (χ4v) is 1.58. The molecule has 1 aromatic carbocycles. The van der Waals surface area contributed by atoms with Crippen molar-refractivity contribution >= 4 is 0 Å². The third-order valence-corrected chi connectivity index (χ3v) is 2.62. The predicted octanol–water partition coefficient (Wildman–Crippen LogP) is 1.06. The molecule has 0 bridgehead atoms. The highest BCUT2D eigenvalue weighted by Crippen LogP contribution is 2.16. The van der Waals surface area contributed by atoms with Crippen LogP contribution in [0.1, 0.15) is 6.42 Å². The van der Waals surface area contributed by atoms with Crippen molar-refractivity contribution in [3.8, 4) is 11.5 Å². The van der Waals surface area contributed by atoms with Crippen LogP contribution in [0.5, 0.6) is 11.5 Å². The van der Waals surface area contributed by atoms with Gasteiger partial charge in [-0.3, -0.25) is 0 Å². The van der Waals surface area contributed by atoms with Crippen molar-refractivity contribution in [2.75, 3.05) is 40.5 Å². The molecule has 0 aliphatic carbocycles. The van der Waals surface area contributed by atoms with E-state index in [1.807, 2.05) is 24.3 Å². The molecule has 0 aromatic heterocycles. The van der Waals surface area contributed by atoms with Crippen LogP contribution in [0.25, 0.3) is 0 Å². The average Bonchev–Trinajstić information content (AvgIpc) is 2.43. The van der Waals surface area contributed by atoms with E-state index in [-0.39, 0.29) is 0 Å². The summed E-state index contributed by atoms with van der Waals surface area (Å²) in [5.74, 6) is 1.64. The average molecular weight is 269 g/mol. The summed E-state index contributed by atoms with van der Waals surface area (Å²) in [5.41, 5.74) is 0. The van der Waals surface area contributed by atoms with Gasteiger partial charge < -0.3 is 24.6 Å². The monoisotopic (exact) mass is 269 g/mol. The largest absolute Gasteiger partial charge is 0.497 e. The topological polar surface area (TPSA) is 60.0 Å². The standard InChI is InChI=1S/C14H23NO4/c1-17-11-12(16)7-8-15-9-10-19-14-5-3-13(18-2)4-6-14/h3-6,12,15-16H,7-11H2,1-2H3. The molecule has 0 amide bonds. The molecule has 0 saturated carbocycles. The van der Waals surface area contributed by atoms with E-state index in [4.69, 9.17) is 14.2 Å². The summed E-state index contributed by atoms with van der Waals surface area (Å²) in [6, 6.07) is 7.48. The third-order valence-electron chi connectivity index (χ3n) is 2.62. The van der Waals surface area contributed by atoms with Crippen molar-refractivity contribution in [1.29, 1.82) is 0 Å². The zero-order valence-corrected chi connectivity index (χ0v) is 11.6. The Balaban J connectivity index is 2.04. The molecule has 1 aromatic rings. The number of hydrogen-bond donors (Lipinski definition) is 2. The number of aliphatic hydroxyl groups excluding tert-OH is 1. The van der Waals surface area contributed by atoms with E-state index in [0.717, 1.165) is 24.6 Å². The molecule has 0 aliphatic heterocycles. The van der Waals surface area contributed by atoms with Crippen molar-refractivity contribution in [3.05, 3.63) is 24.3 Å². The van der Waals surface area contributed by atoms with Crippen LogP contribution in [0.15, 0.2) is 24.3 Å². The molecule has 0 saturated heterocycles. The lowest BCUT2D eigenvalue weighted by Gasteiger charge is -2.11. The van der Waals surface area contributed by atoms with Gasteiger partial charge >= 0.3 is 0 Å². The molecular formula is C14H23NO4. The first-order chi connectivity index (χ1) is 9.26. The van der Waals surface area contributed by atoms with Crippen LogP contribution in [-0.2, 0) is 4.74 Å². The smallest absolute Gasteiger partial charge is 0.119 e. The Morgan fingerprint density at radius 1 is 1.11 bits per heavy atom. The van der Waals surface area contributed by atoms with E-state index in [9.17, 15) is 5.11 Å². The van der Waals surface area contributed by atoms with Gasteiger partial charge in [0.1, 0.15) is 18.1 Å². The van der Waals surface area contributed by atoms with Crippen molar-refractivity contribution < 1.29 is 19.3 Å². The first kappa shape index (κ1) is 15.8. The normalized spacial score (nSPS) is 12.2. The summed E-state index contributed by atoms with van der Waals surface area (Å²) in [6.07, 6.45) is 0.274. The lowest BCUT2D eigenvalue weighted by Crippen LogP contribution is -2.26. The summed E-state index contributed by atoms with van der Waals surface area (Å²) in [4.78, 5) is 0. The second-order valence-corrected chi connectivity index (χ2v) is 4.17. The lowest BCUT2D eigenvalue weighted by atomic mass is 10.3. The second kappa shape index (κ2) is 9.61. The number of rotatable bonds is 10. The number of nitrogens with one attached hydrogen (secondary N) is 1. The van der Waals surface area contributed by atoms with Gasteiger partial charge in [0, 0.05) is 13.7 Å². The number of ether oxygens (including phenoxy) is 3. The van der Waals surface area contributed by atoms with Gasteiger partial charge in [-0.05, 0) is 37.2 Å². The van der Waals surface area contributed by atoms with E-state index in [2.05, 4.69) is 5.32 Å².